The molecule has 1 aliphatic rings. The number of urea groups is 1. The molecule has 19 heavy (non-hydrogen) atoms. The molecule has 1 aliphatic heterocycles. The second-order valence-corrected chi connectivity index (χ2v) is 4.44. The Morgan fingerprint density at radius 3 is 2.58 bits per heavy atom. The molecule has 4 heteroatoms. The summed E-state index contributed by atoms with van der Waals surface area (Å²) in [5.41, 5.74) is 2.22. The predicted molar refractivity (Wildman–Crippen MR) is 74.3 cm³/mol. The van der Waals surface area contributed by atoms with E-state index in [9.17, 15) is 9.59 Å². The van der Waals surface area contributed by atoms with Gasteiger partial charge < -0.3 is 10.6 Å². The molecule has 1 atom stereocenters. The highest BCUT2D eigenvalue weighted by molar-refractivity contribution is 5.98. The van der Waals surface area contributed by atoms with E-state index >= 15 is 0 Å². The zero-order chi connectivity index (χ0) is 13.8. The van der Waals surface area contributed by atoms with Gasteiger partial charge in [0.1, 0.15) is 0 Å². The first-order chi connectivity index (χ1) is 9.08. The summed E-state index contributed by atoms with van der Waals surface area (Å²) in [5, 5.41) is 5.35. The van der Waals surface area contributed by atoms with Crippen LogP contribution in [0.4, 0.5) is 4.79 Å². The molecule has 1 heterocycles. The first kappa shape index (κ1) is 13.1. The lowest BCUT2D eigenvalue weighted by Gasteiger charge is -2.25. The lowest BCUT2D eigenvalue weighted by molar-refractivity contribution is -0.113. The minimum Gasteiger partial charge on any atom is -0.327 e. The van der Waals surface area contributed by atoms with Crippen molar-refractivity contribution in [2.45, 2.75) is 19.9 Å². The molecule has 0 saturated heterocycles. The number of nitrogens with one attached hydrogen (secondary N) is 2. The van der Waals surface area contributed by atoms with E-state index < -0.39 is 0 Å². The molecule has 0 radical (unpaired) electrons. The first-order valence-electron chi connectivity index (χ1n) is 6.10. The Hall–Kier alpha value is -2.36. The van der Waals surface area contributed by atoms with Crippen LogP contribution in [0.3, 0.4) is 0 Å². The van der Waals surface area contributed by atoms with Crippen LogP contribution in [0.2, 0.25) is 0 Å². The van der Waals surface area contributed by atoms with E-state index in [1.54, 1.807) is 6.92 Å². The summed E-state index contributed by atoms with van der Waals surface area (Å²) in [6.45, 7) is 3.24. The molecule has 4 nitrogen and oxygen atoms in total. The Bertz CT molecular complexity index is 559. The van der Waals surface area contributed by atoms with Crippen LogP contribution in [0.15, 0.2) is 47.7 Å². The summed E-state index contributed by atoms with van der Waals surface area (Å²) in [4.78, 5) is 23.1. The number of amides is 2. The fourth-order valence-corrected chi connectivity index (χ4v) is 2.12. The summed E-state index contributed by atoms with van der Waals surface area (Å²) in [5.74, 6) is -0.0484. The lowest BCUT2D eigenvalue weighted by atomic mass is 9.98. The molecule has 0 spiro atoms. The largest absolute Gasteiger partial charge is 0.327 e. The molecule has 0 aliphatic carbocycles. The van der Waals surface area contributed by atoms with Gasteiger partial charge in [0.2, 0.25) is 0 Å². The molecule has 0 unspecified atom stereocenters. The van der Waals surface area contributed by atoms with Gasteiger partial charge in [0.05, 0.1) is 6.04 Å². The van der Waals surface area contributed by atoms with Gasteiger partial charge in [0.25, 0.3) is 0 Å². The van der Waals surface area contributed by atoms with Gasteiger partial charge in [-0.3, -0.25) is 4.79 Å². The Kier molecular flexibility index (Phi) is 3.80. The third kappa shape index (κ3) is 3.10. The highest BCUT2D eigenvalue weighted by Gasteiger charge is 2.25. The molecule has 98 valence electrons. The van der Waals surface area contributed by atoms with Crippen molar-refractivity contribution in [3.05, 3.63) is 53.2 Å². The molecule has 0 saturated carbocycles. The van der Waals surface area contributed by atoms with Crippen molar-refractivity contribution < 1.29 is 9.59 Å². The highest BCUT2D eigenvalue weighted by atomic mass is 16.2. The van der Waals surface area contributed by atoms with Gasteiger partial charge in [-0.2, -0.15) is 0 Å². The number of rotatable bonds is 3. The van der Waals surface area contributed by atoms with Gasteiger partial charge in [-0.1, -0.05) is 42.5 Å². The Morgan fingerprint density at radius 1 is 1.26 bits per heavy atom. The van der Waals surface area contributed by atoms with Crippen LogP contribution in [-0.4, -0.2) is 17.9 Å². The van der Waals surface area contributed by atoms with Crippen LogP contribution in [0.5, 0.6) is 0 Å². The Labute approximate surface area is 112 Å². The summed E-state index contributed by atoms with van der Waals surface area (Å²) in [6.07, 6.45) is 3.72. The van der Waals surface area contributed by atoms with E-state index in [1.807, 2.05) is 42.5 Å². The van der Waals surface area contributed by atoms with Crippen LogP contribution in [-0.2, 0) is 4.79 Å². The van der Waals surface area contributed by atoms with Crippen molar-refractivity contribution in [3.8, 4) is 0 Å². The second-order valence-electron chi connectivity index (χ2n) is 4.44. The van der Waals surface area contributed by atoms with Gasteiger partial charge in [0, 0.05) is 11.3 Å². The smallest absolute Gasteiger partial charge is 0.319 e. The second kappa shape index (κ2) is 5.52. The highest BCUT2D eigenvalue weighted by Crippen LogP contribution is 2.15. The predicted octanol–water partition coefficient (Wildman–Crippen LogP) is 2.24. The SMILES string of the molecule is CC(=O)C1=C(C)NC(=O)N[C@@H]1/C=C/c1ccccc1. The van der Waals surface area contributed by atoms with Gasteiger partial charge in [-0.15, -0.1) is 0 Å². The molecule has 0 fully saturated rings. The van der Waals surface area contributed by atoms with Gasteiger partial charge in [-0.25, -0.2) is 4.79 Å². The maximum atomic E-state index is 11.7. The van der Waals surface area contributed by atoms with Gasteiger partial charge >= 0.3 is 6.03 Å². The summed E-state index contributed by atoms with van der Waals surface area (Å²) < 4.78 is 0. The number of ketones is 1. The molecule has 1 aromatic rings. The van der Waals surface area contributed by atoms with E-state index in [0.717, 1.165) is 5.56 Å². The molecular weight excluding hydrogens is 240 g/mol. The van der Waals surface area contributed by atoms with Crippen LogP contribution in [0, 0.1) is 0 Å². The molecule has 0 aromatic heterocycles. The molecule has 1 aromatic carbocycles. The third-order valence-electron chi connectivity index (χ3n) is 2.96. The first-order valence-corrected chi connectivity index (χ1v) is 6.10. The quantitative estimate of drug-likeness (QED) is 0.871. The molecule has 2 N–H and O–H groups in total. The monoisotopic (exact) mass is 256 g/mol. The van der Waals surface area contributed by atoms with Crippen molar-refractivity contribution in [2.75, 3.05) is 0 Å². The van der Waals surface area contributed by atoms with Gasteiger partial charge in [0.15, 0.2) is 5.78 Å². The van der Waals surface area contributed by atoms with Crippen molar-refractivity contribution >= 4 is 17.9 Å². The van der Waals surface area contributed by atoms with Crippen molar-refractivity contribution in [1.82, 2.24) is 10.6 Å². The summed E-state index contributed by atoms with van der Waals surface area (Å²) in [6, 6.07) is 9.07. The number of hydrogen-bond acceptors (Lipinski definition) is 2. The Morgan fingerprint density at radius 2 is 1.95 bits per heavy atom. The molecule has 2 amide bonds. The van der Waals surface area contributed by atoms with Crippen molar-refractivity contribution in [1.29, 1.82) is 0 Å². The number of carbonyl (C=O) groups is 2. The van der Waals surface area contributed by atoms with Crippen LogP contribution in [0.25, 0.3) is 6.08 Å². The maximum Gasteiger partial charge on any atom is 0.319 e. The molecular formula is C15H16N2O2. The number of Topliss-reactive ketones (excluding diaryl/α,β-unsaturated/α-hetero) is 1. The lowest BCUT2D eigenvalue weighted by Crippen LogP contribution is -2.48. The number of hydrogen-bond donors (Lipinski definition) is 2. The van der Waals surface area contributed by atoms with Crippen molar-refractivity contribution in [3.63, 3.8) is 0 Å². The van der Waals surface area contributed by atoms with E-state index in [2.05, 4.69) is 10.6 Å². The number of benzene rings is 1. The zero-order valence-corrected chi connectivity index (χ0v) is 10.9. The molecule has 0 bridgehead atoms. The van der Waals surface area contributed by atoms with Crippen LogP contribution < -0.4 is 10.6 Å². The van der Waals surface area contributed by atoms with Crippen LogP contribution >= 0.6 is 0 Å². The average Bonchev–Trinajstić information content (AvgIpc) is 2.36. The fourth-order valence-electron chi connectivity index (χ4n) is 2.12. The minimum atomic E-state index is -0.383. The van der Waals surface area contributed by atoms with Gasteiger partial charge in [-0.05, 0) is 19.4 Å². The zero-order valence-electron chi connectivity index (χ0n) is 10.9. The minimum absolute atomic E-state index is 0.0484. The topological polar surface area (TPSA) is 58.2 Å². The Balaban J connectivity index is 2.27. The normalized spacial score (nSPS) is 19.3. The van der Waals surface area contributed by atoms with E-state index in [1.165, 1.54) is 6.92 Å². The average molecular weight is 256 g/mol. The summed E-state index contributed by atoms with van der Waals surface area (Å²) >= 11 is 0. The number of carbonyl (C=O) groups excluding carboxylic acids is 2. The standard InChI is InChI=1S/C15H16N2O2/c1-10-14(11(2)18)13(17-15(19)16-10)9-8-12-6-4-3-5-7-12/h3-9,13H,1-2H3,(H2,16,17,19)/b9-8+/t13-/m1/s1. The number of allylic oxidation sites excluding steroid dienone is 1. The molecule has 2 rings (SSSR count). The summed E-state index contributed by atoms with van der Waals surface area (Å²) in [7, 11) is 0. The van der Waals surface area contributed by atoms with Crippen molar-refractivity contribution in [2.24, 2.45) is 0 Å². The van der Waals surface area contributed by atoms with E-state index in [-0.39, 0.29) is 17.9 Å². The maximum absolute atomic E-state index is 11.7. The van der Waals surface area contributed by atoms with E-state index in [4.69, 9.17) is 0 Å². The fraction of sp³-hybridized carbons (Fsp3) is 0.200. The van der Waals surface area contributed by atoms with E-state index in [0.29, 0.717) is 11.3 Å². The third-order valence-corrected chi connectivity index (χ3v) is 2.96. The van der Waals surface area contributed by atoms with Crippen LogP contribution in [0.1, 0.15) is 19.4 Å².